The third-order valence-electron chi connectivity index (χ3n) is 3.24. The van der Waals surface area contributed by atoms with Gasteiger partial charge in [-0.3, -0.25) is 0 Å². The largest absolute Gasteiger partial charge is 0.411 e. The van der Waals surface area contributed by atoms with Gasteiger partial charge in [0, 0.05) is 29.2 Å². The van der Waals surface area contributed by atoms with Crippen molar-refractivity contribution in [3.8, 4) is 0 Å². The number of fused-ring (bicyclic) bond motifs is 3. The Morgan fingerprint density at radius 1 is 1.27 bits per heavy atom. The number of hydrogen-bond acceptors (Lipinski definition) is 2. The summed E-state index contributed by atoms with van der Waals surface area (Å²) in [5.74, 6) is 0. The third-order valence-corrected chi connectivity index (χ3v) is 3.24. The molecule has 0 unspecified atom stereocenters. The first-order valence-corrected chi connectivity index (χ1v) is 5.10. The van der Waals surface area contributed by atoms with Gasteiger partial charge in [0.2, 0.25) is 0 Å². The highest BCUT2D eigenvalue weighted by Gasteiger charge is 2.25. The average molecular weight is 200 g/mol. The average Bonchev–Trinajstić information content (AvgIpc) is 2.81. The molecule has 3 rings (SSSR count). The monoisotopic (exact) mass is 200 g/mol. The highest BCUT2D eigenvalue weighted by molar-refractivity contribution is 6.14. The van der Waals surface area contributed by atoms with E-state index >= 15 is 0 Å². The summed E-state index contributed by atoms with van der Waals surface area (Å²) >= 11 is 0. The van der Waals surface area contributed by atoms with E-state index in [1.165, 1.54) is 16.6 Å². The number of benzene rings is 1. The lowest BCUT2D eigenvalue weighted by Gasteiger charge is -1.99. The number of hydrogen-bond donors (Lipinski definition) is 1. The Labute approximate surface area is 87.6 Å². The van der Waals surface area contributed by atoms with Crippen molar-refractivity contribution in [1.29, 1.82) is 0 Å². The van der Waals surface area contributed by atoms with Gasteiger partial charge < -0.3 is 9.77 Å². The van der Waals surface area contributed by atoms with Gasteiger partial charge in [0.15, 0.2) is 0 Å². The molecule has 0 spiro atoms. The lowest BCUT2D eigenvalue weighted by Crippen LogP contribution is -1.93. The Morgan fingerprint density at radius 2 is 2.07 bits per heavy atom. The smallest absolute Gasteiger partial charge is 0.0896 e. The minimum atomic E-state index is 0.821. The van der Waals surface area contributed by atoms with Crippen LogP contribution in [0.4, 0.5) is 0 Å². The molecule has 0 bridgehead atoms. The first-order valence-electron chi connectivity index (χ1n) is 5.10. The number of nitrogens with zero attached hydrogens (tertiary/aromatic N) is 2. The molecular formula is C12H12N2O. The molecule has 0 aliphatic heterocycles. The second-order valence-corrected chi connectivity index (χ2v) is 3.94. The summed E-state index contributed by atoms with van der Waals surface area (Å²) in [5.41, 5.74) is 4.45. The maximum atomic E-state index is 8.96. The zero-order valence-electron chi connectivity index (χ0n) is 8.57. The predicted molar refractivity (Wildman–Crippen MR) is 59.6 cm³/mol. The van der Waals surface area contributed by atoms with Crippen molar-refractivity contribution >= 4 is 16.6 Å². The molecule has 0 saturated heterocycles. The topological polar surface area (TPSA) is 37.5 Å². The van der Waals surface area contributed by atoms with Gasteiger partial charge >= 0.3 is 0 Å². The molecule has 0 atom stereocenters. The number of para-hydroxylation sites is 1. The van der Waals surface area contributed by atoms with E-state index < -0.39 is 0 Å². The molecule has 0 radical (unpaired) electrons. The minimum absolute atomic E-state index is 0.821. The second kappa shape index (κ2) is 2.86. The van der Waals surface area contributed by atoms with E-state index in [1.807, 2.05) is 12.1 Å². The molecule has 3 nitrogen and oxygen atoms in total. The molecule has 0 saturated carbocycles. The number of oxime groups is 1. The predicted octanol–water partition coefficient (Wildman–Crippen LogP) is 2.30. The molecule has 3 heteroatoms. The number of aromatic nitrogens is 1. The lowest BCUT2D eigenvalue weighted by molar-refractivity contribution is 0.318. The van der Waals surface area contributed by atoms with E-state index in [0.717, 1.165) is 24.1 Å². The Kier molecular flexibility index (Phi) is 1.63. The Morgan fingerprint density at radius 3 is 2.87 bits per heavy atom. The highest BCUT2D eigenvalue weighted by atomic mass is 16.4. The fourth-order valence-corrected chi connectivity index (χ4v) is 2.52. The molecule has 15 heavy (non-hydrogen) atoms. The molecule has 1 aliphatic carbocycles. The summed E-state index contributed by atoms with van der Waals surface area (Å²) in [6.07, 6.45) is 1.82. The standard InChI is InChI=1S/C12H12N2O/c1-14-10-5-3-2-4-8(10)12-9(13-15)6-7-11(12)14/h2-5,15H,6-7H2,1H3/b13-9+. The van der Waals surface area contributed by atoms with Crippen molar-refractivity contribution < 1.29 is 5.21 Å². The van der Waals surface area contributed by atoms with Crippen LogP contribution in [0, 0.1) is 0 Å². The summed E-state index contributed by atoms with van der Waals surface area (Å²) in [5, 5.41) is 13.6. The molecule has 1 aromatic heterocycles. The highest BCUT2D eigenvalue weighted by Crippen LogP contribution is 2.32. The van der Waals surface area contributed by atoms with Gasteiger partial charge in [-0.2, -0.15) is 0 Å². The molecule has 0 fully saturated rings. The van der Waals surface area contributed by atoms with Crippen molar-refractivity contribution in [2.45, 2.75) is 12.8 Å². The zero-order valence-corrected chi connectivity index (χ0v) is 8.57. The van der Waals surface area contributed by atoms with E-state index in [4.69, 9.17) is 5.21 Å². The molecule has 1 aromatic carbocycles. The quantitative estimate of drug-likeness (QED) is 0.514. The summed E-state index contributed by atoms with van der Waals surface area (Å²) in [6.45, 7) is 0. The van der Waals surface area contributed by atoms with Gasteiger partial charge in [0.25, 0.3) is 0 Å². The van der Waals surface area contributed by atoms with Crippen LogP contribution in [0.3, 0.4) is 0 Å². The summed E-state index contributed by atoms with van der Waals surface area (Å²) in [4.78, 5) is 0. The molecule has 1 N–H and O–H groups in total. The van der Waals surface area contributed by atoms with E-state index in [-0.39, 0.29) is 0 Å². The lowest BCUT2D eigenvalue weighted by atomic mass is 10.1. The summed E-state index contributed by atoms with van der Waals surface area (Å²) in [7, 11) is 2.07. The van der Waals surface area contributed by atoms with E-state index in [0.29, 0.717) is 0 Å². The molecule has 0 amide bonds. The maximum absolute atomic E-state index is 8.96. The van der Waals surface area contributed by atoms with E-state index in [1.54, 1.807) is 0 Å². The first-order chi connectivity index (χ1) is 7.33. The third kappa shape index (κ3) is 0.975. The summed E-state index contributed by atoms with van der Waals surface area (Å²) in [6, 6.07) is 8.25. The van der Waals surface area contributed by atoms with Crippen molar-refractivity contribution in [3.05, 3.63) is 35.5 Å². The second-order valence-electron chi connectivity index (χ2n) is 3.94. The van der Waals surface area contributed by atoms with Crippen LogP contribution >= 0.6 is 0 Å². The Balaban J connectivity index is 2.46. The van der Waals surface area contributed by atoms with Crippen LogP contribution in [0.2, 0.25) is 0 Å². The van der Waals surface area contributed by atoms with Crippen LogP contribution in [0.1, 0.15) is 17.7 Å². The Hall–Kier alpha value is -1.77. The van der Waals surface area contributed by atoms with Crippen molar-refractivity contribution in [2.24, 2.45) is 12.2 Å². The van der Waals surface area contributed by atoms with E-state index in [9.17, 15) is 0 Å². The molecule has 1 aliphatic rings. The normalized spacial score (nSPS) is 17.5. The number of rotatable bonds is 0. The van der Waals surface area contributed by atoms with Crippen molar-refractivity contribution in [2.75, 3.05) is 0 Å². The molecule has 76 valence electrons. The van der Waals surface area contributed by atoms with Gasteiger partial charge in [-0.25, -0.2) is 0 Å². The molecular weight excluding hydrogens is 188 g/mol. The number of aryl methyl sites for hydroxylation is 1. The van der Waals surface area contributed by atoms with Crippen molar-refractivity contribution in [3.63, 3.8) is 0 Å². The van der Waals surface area contributed by atoms with Gasteiger partial charge in [0.1, 0.15) is 0 Å². The minimum Gasteiger partial charge on any atom is -0.411 e. The van der Waals surface area contributed by atoms with E-state index in [2.05, 4.69) is 28.9 Å². The van der Waals surface area contributed by atoms with Crippen LogP contribution in [0.5, 0.6) is 0 Å². The SMILES string of the molecule is Cn1c2c(c3ccccc31)/C(=N/O)CC2. The van der Waals surface area contributed by atoms with Crippen molar-refractivity contribution in [1.82, 2.24) is 4.57 Å². The van der Waals surface area contributed by atoms with Crippen LogP contribution in [0.15, 0.2) is 29.4 Å². The van der Waals surface area contributed by atoms with Gasteiger partial charge in [-0.05, 0) is 18.9 Å². The van der Waals surface area contributed by atoms with Crippen LogP contribution in [-0.4, -0.2) is 15.5 Å². The first kappa shape index (κ1) is 8.53. The Bertz CT molecular complexity index is 566. The molecule has 2 aromatic rings. The van der Waals surface area contributed by atoms with Gasteiger partial charge in [-0.1, -0.05) is 23.4 Å². The van der Waals surface area contributed by atoms with Crippen LogP contribution in [0.25, 0.3) is 10.9 Å². The van der Waals surface area contributed by atoms with Gasteiger partial charge in [0.05, 0.1) is 5.71 Å². The van der Waals surface area contributed by atoms with Crippen LogP contribution < -0.4 is 0 Å². The fraction of sp³-hybridized carbons (Fsp3) is 0.250. The molecule has 1 heterocycles. The zero-order chi connectivity index (χ0) is 10.4. The summed E-state index contributed by atoms with van der Waals surface area (Å²) < 4.78 is 2.20. The fourth-order valence-electron chi connectivity index (χ4n) is 2.52. The van der Waals surface area contributed by atoms with Gasteiger partial charge in [-0.15, -0.1) is 0 Å². The van der Waals surface area contributed by atoms with Crippen LogP contribution in [-0.2, 0) is 13.5 Å². The maximum Gasteiger partial charge on any atom is 0.0896 e.